The van der Waals surface area contributed by atoms with Gasteiger partial charge in [-0.1, -0.05) is 12.1 Å². The van der Waals surface area contributed by atoms with E-state index in [4.69, 9.17) is 9.47 Å². The minimum atomic E-state index is -0.856. The lowest BCUT2D eigenvalue weighted by atomic mass is 10.0. The van der Waals surface area contributed by atoms with Crippen LogP contribution in [0.2, 0.25) is 0 Å². The van der Waals surface area contributed by atoms with Crippen LogP contribution in [0.15, 0.2) is 42.6 Å². The van der Waals surface area contributed by atoms with E-state index in [1.54, 1.807) is 24.4 Å². The molecule has 1 atom stereocenters. The highest BCUT2D eigenvalue weighted by molar-refractivity contribution is 5.76. The summed E-state index contributed by atoms with van der Waals surface area (Å²) < 4.78 is 10.7. The molecule has 1 aromatic carbocycles. The third kappa shape index (κ3) is 3.10. The number of fused-ring (bicyclic) bond motifs is 1. The van der Waals surface area contributed by atoms with Crippen molar-refractivity contribution in [1.82, 2.24) is 9.88 Å². The van der Waals surface area contributed by atoms with E-state index in [0.717, 1.165) is 18.9 Å². The molecule has 1 unspecified atom stereocenters. The third-order valence-electron chi connectivity index (χ3n) is 4.60. The Hall–Kier alpha value is -2.80. The molecule has 2 aliphatic rings. The summed E-state index contributed by atoms with van der Waals surface area (Å²) in [6, 6.07) is 10.5. The Morgan fingerprint density at radius 1 is 1.08 bits per heavy atom. The minimum Gasteiger partial charge on any atom is -0.480 e. The molecule has 0 aliphatic carbocycles. The van der Waals surface area contributed by atoms with Crippen LogP contribution in [0.25, 0.3) is 0 Å². The number of rotatable bonds is 4. The summed E-state index contributed by atoms with van der Waals surface area (Å²) in [7, 11) is 0. The second kappa shape index (κ2) is 6.60. The van der Waals surface area contributed by atoms with Gasteiger partial charge in [-0.05, 0) is 29.8 Å². The molecule has 1 N–H and O–H groups in total. The van der Waals surface area contributed by atoms with Crippen molar-refractivity contribution in [3.05, 3.63) is 48.2 Å². The molecule has 0 bridgehead atoms. The van der Waals surface area contributed by atoms with Crippen LogP contribution in [-0.2, 0) is 4.79 Å². The van der Waals surface area contributed by atoms with Gasteiger partial charge in [-0.3, -0.25) is 9.69 Å². The summed E-state index contributed by atoms with van der Waals surface area (Å²) in [4.78, 5) is 20.4. The first-order valence-corrected chi connectivity index (χ1v) is 8.25. The van der Waals surface area contributed by atoms with E-state index in [2.05, 4.69) is 9.88 Å². The van der Waals surface area contributed by atoms with E-state index >= 15 is 0 Å². The van der Waals surface area contributed by atoms with Crippen LogP contribution in [0.3, 0.4) is 0 Å². The van der Waals surface area contributed by atoms with Gasteiger partial charge < -0.3 is 19.5 Å². The molecule has 0 spiro atoms. The monoisotopic (exact) mass is 341 g/mol. The molecule has 0 amide bonds. The van der Waals surface area contributed by atoms with Crippen LogP contribution in [0.4, 0.5) is 5.82 Å². The fourth-order valence-electron chi connectivity index (χ4n) is 3.34. The maximum Gasteiger partial charge on any atom is 0.325 e. The number of carbonyl (C=O) groups is 1. The van der Waals surface area contributed by atoms with Crippen molar-refractivity contribution >= 4 is 11.8 Å². The van der Waals surface area contributed by atoms with Crippen molar-refractivity contribution in [3.63, 3.8) is 0 Å². The van der Waals surface area contributed by atoms with Crippen molar-refractivity contribution in [2.75, 3.05) is 37.9 Å². The summed E-state index contributed by atoms with van der Waals surface area (Å²) in [5, 5.41) is 9.77. The van der Waals surface area contributed by atoms with Gasteiger partial charge in [0.15, 0.2) is 11.5 Å². The maximum atomic E-state index is 11.9. The fraction of sp³-hybridized carbons (Fsp3) is 0.333. The Balaban J connectivity index is 1.50. The van der Waals surface area contributed by atoms with Crippen molar-refractivity contribution in [3.8, 4) is 11.5 Å². The van der Waals surface area contributed by atoms with Gasteiger partial charge in [0, 0.05) is 32.4 Å². The van der Waals surface area contributed by atoms with Gasteiger partial charge in [0.1, 0.15) is 11.9 Å². The molecular weight excluding hydrogens is 322 g/mol. The van der Waals surface area contributed by atoms with Gasteiger partial charge in [0.05, 0.1) is 0 Å². The second-order valence-electron chi connectivity index (χ2n) is 6.06. The van der Waals surface area contributed by atoms with E-state index in [1.165, 1.54) is 0 Å². The molecule has 130 valence electrons. The van der Waals surface area contributed by atoms with Gasteiger partial charge in [-0.15, -0.1) is 0 Å². The zero-order valence-electron chi connectivity index (χ0n) is 13.7. The number of carboxylic acid groups (broad SMARTS) is 1. The normalized spacial score (nSPS) is 18.2. The largest absolute Gasteiger partial charge is 0.480 e. The van der Waals surface area contributed by atoms with Crippen molar-refractivity contribution in [2.45, 2.75) is 6.04 Å². The highest BCUT2D eigenvalue weighted by atomic mass is 16.7. The number of carboxylic acids is 1. The summed E-state index contributed by atoms with van der Waals surface area (Å²) in [6.45, 7) is 2.97. The molecule has 7 nitrogen and oxygen atoms in total. The van der Waals surface area contributed by atoms with Crippen molar-refractivity contribution in [2.24, 2.45) is 0 Å². The Morgan fingerprint density at radius 3 is 2.60 bits per heavy atom. The first-order chi connectivity index (χ1) is 12.2. The molecule has 2 aromatic rings. The minimum absolute atomic E-state index is 0.180. The average molecular weight is 341 g/mol. The SMILES string of the molecule is O=C(O)C(c1ccc2c(c1)OCO2)N1CCN(c2ccccn2)CC1. The molecule has 2 aliphatic heterocycles. The lowest BCUT2D eigenvalue weighted by Crippen LogP contribution is -2.49. The predicted octanol–water partition coefficient (Wildman–Crippen LogP) is 1.76. The van der Waals surface area contributed by atoms with Gasteiger partial charge >= 0.3 is 5.97 Å². The van der Waals surface area contributed by atoms with E-state index < -0.39 is 12.0 Å². The first kappa shape index (κ1) is 15.7. The molecule has 7 heteroatoms. The summed E-state index contributed by atoms with van der Waals surface area (Å²) in [6.07, 6.45) is 1.77. The Labute approximate surface area is 145 Å². The zero-order valence-corrected chi connectivity index (χ0v) is 13.7. The summed E-state index contributed by atoms with van der Waals surface area (Å²) >= 11 is 0. The molecule has 1 fully saturated rings. The number of anilines is 1. The van der Waals surface area contributed by atoms with Gasteiger partial charge in [0.25, 0.3) is 0 Å². The van der Waals surface area contributed by atoms with Gasteiger partial charge in [-0.2, -0.15) is 0 Å². The first-order valence-electron chi connectivity index (χ1n) is 8.25. The standard InChI is InChI=1S/C18H19N3O4/c22-18(23)17(13-4-5-14-15(11-13)25-12-24-14)21-9-7-20(8-10-21)16-3-1-2-6-19-16/h1-6,11,17H,7-10,12H2,(H,22,23). The van der Waals surface area contributed by atoms with E-state index in [0.29, 0.717) is 30.2 Å². The van der Waals surface area contributed by atoms with Crippen LogP contribution in [0.1, 0.15) is 11.6 Å². The van der Waals surface area contributed by atoms with Gasteiger partial charge in [0.2, 0.25) is 6.79 Å². The molecule has 1 aromatic heterocycles. The number of piperazine rings is 1. The number of pyridine rings is 1. The van der Waals surface area contributed by atoms with E-state index in [9.17, 15) is 9.90 Å². The molecular formula is C18H19N3O4. The topological polar surface area (TPSA) is 75.1 Å². The quantitative estimate of drug-likeness (QED) is 0.908. The van der Waals surface area contributed by atoms with Crippen LogP contribution in [0, 0.1) is 0 Å². The lowest BCUT2D eigenvalue weighted by molar-refractivity contribution is -0.143. The molecule has 25 heavy (non-hydrogen) atoms. The highest BCUT2D eigenvalue weighted by Crippen LogP contribution is 2.35. The zero-order chi connectivity index (χ0) is 17.2. The lowest BCUT2D eigenvalue weighted by Gasteiger charge is -2.38. The Bertz CT molecular complexity index is 760. The van der Waals surface area contributed by atoms with E-state index in [1.807, 2.05) is 23.1 Å². The number of hydrogen-bond acceptors (Lipinski definition) is 6. The Kier molecular flexibility index (Phi) is 4.15. The number of nitrogens with zero attached hydrogens (tertiary/aromatic N) is 3. The fourth-order valence-corrected chi connectivity index (χ4v) is 3.34. The van der Waals surface area contributed by atoms with Crippen LogP contribution < -0.4 is 14.4 Å². The van der Waals surface area contributed by atoms with Crippen LogP contribution >= 0.6 is 0 Å². The number of hydrogen-bond donors (Lipinski definition) is 1. The maximum absolute atomic E-state index is 11.9. The average Bonchev–Trinajstić information content (AvgIpc) is 3.11. The third-order valence-corrected chi connectivity index (χ3v) is 4.60. The Morgan fingerprint density at radius 2 is 1.88 bits per heavy atom. The number of aliphatic carboxylic acids is 1. The molecule has 1 saturated heterocycles. The van der Waals surface area contributed by atoms with Crippen molar-refractivity contribution < 1.29 is 19.4 Å². The summed E-state index contributed by atoms with van der Waals surface area (Å²) in [5.41, 5.74) is 0.711. The number of benzene rings is 1. The van der Waals surface area contributed by atoms with Crippen molar-refractivity contribution in [1.29, 1.82) is 0 Å². The van der Waals surface area contributed by atoms with E-state index in [-0.39, 0.29) is 6.79 Å². The molecule has 0 radical (unpaired) electrons. The number of aromatic nitrogens is 1. The number of ether oxygens (including phenoxy) is 2. The molecule has 3 heterocycles. The van der Waals surface area contributed by atoms with Gasteiger partial charge in [-0.25, -0.2) is 4.98 Å². The second-order valence-corrected chi connectivity index (χ2v) is 6.06. The smallest absolute Gasteiger partial charge is 0.325 e. The summed E-state index contributed by atoms with van der Waals surface area (Å²) in [5.74, 6) is 1.34. The molecule has 4 rings (SSSR count). The van der Waals surface area contributed by atoms with Crippen LogP contribution in [0.5, 0.6) is 11.5 Å². The highest BCUT2D eigenvalue weighted by Gasteiger charge is 2.31. The predicted molar refractivity (Wildman–Crippen MR) is 91.0 cm³/mol. The van der Waals surface area contributed by atoms with Crippen LogP contribution in [-0.4, -0.2) is 53.9 Å². The molecule has 0 saturated carbocycles.